The molecule has 1 nitrogen and oxygen atoms in total. The van der Waals surface area contributed by atoms with Gasteiger partial charge < -0.3 is 4.74 Å². The molecule has 0 aromatic carbocycles. The zero-order chi connectivity index (χ0) is 8.32. The van der Waals surface area contributed by atoms with Gasteiger partial charge >= 0.3 is 0 Å². The highest BCUT2D eigenvalue weighted by atomic mass is 16.5. The van der Waals surface area contributed by atoms with Crippen LogP contribution in [0.25, 0.3) is 0 Å². The molecule has 0 spiro atoms. The fourth-order valence-corrected chi connectivity index (χ4v) is 1.07. The fraction of sp³-hybridized carbons (Fsp3) is 1.00. The zero-order valence-corrected chi connectivity index (χ0v) is 8.02. The van der Waals surface area contributed by atoms with Crippen LogP contribution in [0.1, 0.15) is 46.5 Å². The van der Waals surface area contributed by atoms with Gasteiger partial charge in [-0.05, 0) is 31.1 Å². The van der Waals surface area contributed by atoms with E-state index in [-0.39, 0.29) is 0 Å². The predicted molar refractivity (Wildman–Crippen MR) is 47.7 cm³/mol. The summed E-state index contributed by atoms with van der Waals surface area (Å²) >= 11 is 0. The molecule has 1 fully saturated rings. The van der Waals surface area contributed by atoms with Crippen LogP contribution < -0.4 is 0 Å². The molecule has 0 aromatic heterocycles. The fourth-order valence-electron chi connectivity index (χ4n) is 1.07. The van der Waals surface area contributed by atoms with Crippen LogP contribution in [0.15, 0.2) is 0 Å². The summed E-state index contributed by atoms with van der Waals surface area (Å²) in [6.07, 6.45) is 5.76. The third kappa shape index (κ3) is 3.76. The van der Waals surface area contributed by atoms with Gasteiger partial charge in [-0.3, -0.25) is 0 Å². The molecule has 1 heteroatoms. The van der Waals surface area contributed by atoms with Gasteiger partial charge in [-0.1, -0.05) is 20.8 Å². The molecule has 1 aliphatic carbocycles. The van der Waals surface area contributed by atoms with E-state index in [1.807, 2.05) is 0 Å². The second-order valence-electron chi connectivity index (χ2n) is 4.73. The van der Waals surface area contributed by atoms with E-state index in [0.717, 1.165) is 6.61 Å². The Bertz CT molecular complexity index is 109. The highest BCUT2D eigenvalue weighted by Gasteiger charge is 2.18. The summed E-state index contributed by atoms with van der Waals surface area (Å²) in [4.78, 5) is 0. The quantitative estimate of drug-likeness (QED) is 0.610. The van der Waals surface area contributed by atoms with Crippen molar-refractivity contribution in [1.82, 2.24) is 0 Å². The molecule has 0 saturated heterocycles. The van der Waals surface area contributed by atoms with Crippen molar-refractivity contribution >= 4 is 0 Å². The highest BCUT2D eigenvalue weighted by molar-refractivity contribution is 4.69. The highest BCUT2D eigenvalue weighted by Crippen LogP contribution is 2.24. The summed E-state index contributed by atoms with van der Waals surface area (Å²) in [5.74, 6) is 0. The van der Waals surface area contributed by atoms with E-state index >= 15 is 0 Å². The van der Waals surface area contributed by atoms with Gasteiger partial charge in [-0.25, -0.2) is 0 Å². The Hall–Kier alpha value is -0.0400. The molecule has 66 valence electrons. The average Bonchev–Trinajstić information content (AvgIpc) is 1.73. The number of rotatable bonds is 3. The summed E-state index contributed by atoms with van der Waals surface area (Å²) < 4.78 is 5.65. The maximum absolute atomic E-state index is 5.65. The molecule has 0 aliphatic heterocycles. The summed E-state index contributed by atoms with van der Waals surface area (Å²) in [6.45, 7) is 7.74. The van der Waals surface area contributed by atoms with Crippen molar-refractivity contribution in [1.29, 1.82) is 0 Å². The second-order valence-corrected chi connectivity index (χ2v) is 4.73. The van der Waals surface area contributed by atoms with Crippen LogP contribution in [0.2, 0.25) is 0 Å². The summed E-state index contributed by atoms with van der Waals surface area (Å²) in [7, 11) is 0. The first kappa shape index (κ1) is 9.05. The molecule has 0 unspecified atom stereocenters. The Labute approximate surface area is 70.1 Å². The van der Waals surface area contributed by atoms with E-state index in [0.29, 0.717) is 11.5 Å². The molecule has 1 saturated carbocycles. The molecule has 0 N–H and O–H groups in total. The summed E-state index contributed by atoms with van der Waals surface area (Å²) in [6, 6.07) is 0. The zero-order valence-electron chi connectivity index (χ0n) is 8.02. The minimum Gasteiger partial charge on any atom is -0.378 e. The summed E-state index contributed by atoms with van der Waals surface area (Å²) in [5, 5.41) is 0. The van der Waals surface area contributed by atoms with Gasteiger partial charge in [0.2, 0.25) is 0 Å². The molecule has 0 radical (unpaired) electrons. The van der Waals surface area contributed by atoms with Crippen LogP contribution in [0.5, 0.6) is 0 Å². The van der Waals surface area contributed by atoms with E-state index in [4.69, 9.17) is 4.74 Å². The average molecular weight is 156 g/mol. The maximum atomic E-state index is 5.65. The van der Waals surface area contributed by atoms with E-state index in [1.54, 1.807) is 0 Å². The molecule has 0 heterocycles. The molecule has 0 atom stereocenters. The predicted octanol–water partition coefficient (Wildman–Crippen LogP) is 2.99. The van der Waals surface area contributed by atoms with E-state index < -0.39 is 0 Å². The number of hydrogen-bond acceptors (Lipinski definition) is 1. The normalized spacial score (nSPS) is 19.9. The standard InChI is InChI=1S/C10H20O/c1-10(2,3)7-8-11-9-5-4-6-9/h9H,4-8H2,1-3H3. The minimum atomic E-state index is 0.434. The van der Waals surface area contributed by atoms with Crippen LogP contribution in [0.4, 0.5) is 0 Å². The van der Waals surface area contributed by atoms with Crippen molar-refractivity contribution in [3.8, 4) is 0 Å². The van der Waals surface area contributed by atoms with Crippen LogP contribution >= 0.6 is 0 Å². The van der Waals surface area contributed by atoms with Crippen molar-refractivity contribution in [3.63, 3.8) is 0 Å². The van der Waals surface area contributed by atoms with E-state index in [9.17, 15) is 0 Å². The monoisotopic (exact) mass is 156 g/mol. The third-order valence-corrected chi connectivity index (χ3v) is 2.26. The summed E-state index contributed by atoms with van der Waals surface area (Å²) in [5.41, 5.74) is 0.434. The van der Waals surface area contributed by atoms with Crippen LogP contribution in [-0.4, -0.2) is 12.7 Å². The largest absolute Gasteiger partial charge is 0.378 e. The first-order chi connectivity index (χ1) is 5.08. The SMILES string of the molecule is CC(C)(C)CCOC1CCC1. The lowest BCUT2D eigenvalue weighted by atomic mass is 9.92. The van der Waals surface area contributed by atoms with Crippen molar-refractivity contribution in [2.75, 3.05) is 6.61 Å². The Morgan fingerprint density at radius 1 is 1.27 bits per heavy atom. The van der Waals surface area contributed by atoms with Crippen molar-refractivity contribution in [2.45, 2.75) is 52.6 Å². The Morgan fingerprint density at radius 2 is 1.91 bits per heavy atom. The number of ether oxygens (including phenoxy) is 1. The lowest BCUT2D eigenvalue weighted by Gasteiger charge is -2.27. The van der Waals surface area contributed by atoms with Crippen molar-refractivity contribution < 1.29 is 4.74 Å². The van der Waals surface area contributed by atoms with Crippen LogP contribution in [0.3, 0.4) is 0 Å². The van der Waals surface area contributed by atoms with Crippen LogP contribution in [0, 0.1) is 5.41 Å². The maximum Gasteiger partial charge on any atom is 0.0575 e. The van der Waals surface area contributed by atoms with Crippen molar-refractivity contribution in [3.05, 3.63) is 0 Å². The molecule has 1 aliphatic rings. The van der Waals surface area contributed by atoms with E-state index in [1.165, 1.54) is 25.7 Å². The van der Waals surface area contributed by atoms with E-state index in [2.05, 4.69) is 20.8 Å². The first-order valence-electron chi connectivity index (χ1n) is 4.69. The molecular weight excluding hydrogens is 136 g/mol. The Balaban J connectivity index is 1.95. The molecule has 0 bridgehead atoms. The van der Waals surface area contributed by atoms with Gasteiger partial charge in [-0.2, -0.15) is 0 Å². The van der Waals surface area contributed by atoms with Gasteiger partial charge in [0, 0.05) is 6.61 Å². The van der Waals surface area contributed by atoms with Gasteiger partial charge in [-0.15, -0.1) is 0 Å². The molecule has 0 amide bonds. The minimum absolute atomic E-state index is 0.434. The number of hydrogen-bond donors (Lipinski definition) is 0. The Kier molecular flexibility index (Phi) is 2.94. The van der Waals surface area contributed by atoms with Crippen molar-refractivity contribution in [2.24, 2.45) is 5.41 Å². The smallest absolute Gasteiger partial charge is 0.0575 e. The lowest BCUT2D eigenvalue weighted by molar-refractivity contribution is -0.00809. The van der Waals surface area contributed by atoms with Crippen LogP contribution in [-0.2, 0) is 4.74 Å². The lowest BCUT2D eigenvalue weighted by Crippen LogP contribution is -2.23. The molecule has 0 aromatic rings. The second kappa shape index (κ2) is 3.57. The topological polar surface area (TPSA) is 9.23 Å². The molecular formula is C10H20O. The van der Waals surface area contributed by atoms with Gasteiger partial charge in [0.05, 0.1) is 6.10 Å². The Morgan fingerprint density at radius 3 is 2.27 bits per heavy atom. The van der Waals surface area contributed by atoms with Gasteiger partial charge in [0.1, 0.15) is 0 Å². The first-order valence-corrected chi connectivity index (χ1v) is 4.69. The molecule has 1 rings (SSSR count). The van der Waals surface area contributed by atoms with Gasteiger partial charge in [0.15, 0.2) is 0 Å². The molecule has 11 heavy (non-hydrogen) atoms. The third-order valence-electron chi connectivity index (χ3n) is 2.26. The van der Waals surface area contributed by atoms with Gasteiger partial charge in [0.25, 0.3) is 0 Å².